The van der Waals surface area contributed by atoms with Crippen molar-refractivity contribution in [2.24, 2.45) is 0 Å². The largest absolute Gasteiger partial charge is 0.496 e. The first kappa shape index (κ1) is 21.2. The Bertz CT molecular complexity index is 840. The van der Waals surface area contributed by atoms with Crippen LogP contribution in [-0.2, 0) is 4.74 Å². The molecule has 150 valence electrons. The molecule has 0 aliphatic heterocycles. The van der Waals surface area contributed by atoms with E-state index in [0.717, 1.165) is 5.56 Å². The normalized spacial score (nSPS) is 11.6. The van der Waals surface area contributed by atoms with Crippen LogP contribution in [0.4, 0.5) is 11.4 Å². The summed E-state index contributed by atoms with van der Waals surface area (Å²) in [5.41, 5.74) is 1.29. The van der Waals surface area contributed by atoms with Crippen molar-refractivity contribution >= 4 is 17.3 Å². The zero-order chi connectivity index (χ0) is 20.7. The molecule has 8 nitrogen and oxygen atoms in total. The molecule has 0 aromatic heterocycles. The number of nitro benzene ring substituents is 1. The number of anilines is 1. The van der Waals surface area contributed by atoms with Crippen molar-refractivity contribution in [2.75, 3.05) is 39.7 Å². The molecule has 0 fully saturated rings. The quantitative estimate of drug-likeness (QED) is 0.402. The molecule has 0 radical (unpaired) electrons. The zero-order valence-corrected chi connectivity index (χ0v) is 16.5. The number of hydrogen-bond donors (Lipinski definition) is 1. The molecular formula is C20H25N3O5. The Kier molecular flexibility index (Phi) is 7.34. The highest BCUT2D eigenvalue weighted by atomic mass is 16.6. The first-order chi connectivity index (χ1) is 13.4. The number of ether oxygens (including phenoxy) is 2. The summed E-state index contributed by atoms with van der Waals surface area (Å²) in [6.45, 7) is 2.72. The van der Waals surface area contributed by atoms with E-state index in [1.165, 1.54) is 11.0 Å². The van der Waals surface area contributed by atoms with Crippen molar-refractivity contribution in [3.05, 3.63) is 63.7 Å². The van der Waals surface area contributed by atoms with E-state index in [1.807, 2.05) is 31.2 Å². The standard InChI is InChI=1S/C20H25N3O5/c1-14(16-7-5-6-8-19(16)28-4)22(2)20(24)15-9-10-17(21-11-12-27-3)18(13-15)23(25)26/h5-10,13-14,21H,11-12H2,1-4H3. The minimum atomic E-state index is -0.504. The van der Waals surface area contributed by atoms with Crippen LogP contribution in [0, 0.1) is 10.1 Å². The maximum Gasteiger partial charge on any atom is 0.293 e. The second-order valence-electron chi connectivity index (χ2n) is 6.24. The van der Waals surface area contributed by atoms with E-state index in [-0.39, 0.29) is 23.2 Å². The third-order valence-corrected chi connectivity index (χ3v) is 4.55. The Morgan fingerprint density at radius 1 is 1.25 bits per heavy atom. The molecule has 1 atom stereocenters. The van der Waals surface area contributed by atoms with Crippen LogP contribution in [0.3, 0.4) is 0 Å². The van der Waals surface area contributed by atoms with Crippen molar-refractivity contribution in [1.82, 2.24) is 4.90 Å². The number of amides is 1. The highest BCUT2D eigenvalue weighted by molar-refractivity contribution is 5.96. The third-order valence-electron chi connectivity index (χ3n) is 4.55. The Morgan fingerprint density at radius 2 is 1.96 bits per heavy atom. The molecule has 1 N–H and O–H groups in total. The molecule has 0 aliphatic rings. The Balaban J connectivity index is 2.27. The predicted molar refractivity (Wildman–Crippen MR) is 107 cm³/mol. The van der Waals surface area contributed by atoms with Gasteiger partial charge in [-0.15, -0.1) is 0 Å². The van der Waals surface area contributed by atoms with E-state index in [1.54, 1.807) is 33.4 Å². The molecule has 2 aromatic carbocycles. The van der Waals surface area contributed by atoms with Crippen molar-refractivity contribution in [1.29, 1.82) is 0 Å². The number of nitrogens with zero attached hydrogens (tertiary/aromatic N) is 2. The van der Waals surface area contributed by atoms with Crippen LogP contribution in [0.1, 0.15) is 28.9 Å². The van der Waals surface area contributed by atoms with Gasteiger partial charge in [-0.3, -0.25) is 14.9 Å². The topological polar surface area (TPSA) is 93.9 Å². The SMILES string of the molecule is COCCNc1ccc(C(=O)N(C)C(C)c2ccccc2OC)cc1[N+](=O)[O-]. The minimum absolute atomic E-state index is 0.153. The summed E-state index contributed by atoms with van der Waals surface area (Å²) in [6, 6.07) is 11.6. The fraction of sp³-hybridized carbons (Fsp3) is 0.350. The number of carbonyl (C=O) groups excluding carboxylic acids is 1. The molecule has 0 aliphatic carbocycles. The Hall–Kier alpha value is -3.13. The highest BCUT2D eigenvalue weighted by Crippen LogP contribution is 2.30. The smallest absolute Gasteiger partial charge is 0.293 e. The van der Waals surface area contributed by atoms with Gasteiger partial charge in [-0.2, -0.15) is 0 Å². The number of carbonyl (C=O) groups is 1. The summed E-state index contributed by atoms with van der Waals surface area (Å²) in [7, 11) is 4.79. The van der Waals surface area contributed by atoms with Crippen molar-refractivity contribution in [3.63, 3.8) is 0 Å². The molecule has 2 aromatic rings. The average molecular weight is 387 g/mol. The van der Waals surface area contributed by atoms with E-state index in [2.05, 4.69) is 5.32 Å². The van der Waals surface area contributed by atoms with Gasteiger partial charge in [0.25, 0.3) is 11.6 Å². The number of methoxy groups -OCH3 is 2. The average Bonchev–Trinajstić information content (AvgIpc) is 2.72. The number of hydrogen-bond acceptors (Lipinski definition) is 6. The van der Waals surface area contributed by atoms with Gasteiger partial charge >= 0.3 is 0 Å². The Morgan fingerprint density at radius 3 is 2.61 bits per heavy atom. The summed E-state index contributed by atoms with van der Waals surface area (Å²) in [5, 5.41) is 14.4. The lowest BCUT2D eigenvalue weighted by Crippen LogP contribution is -2.30. The number of benzene rings is 2. The summed E-state index contributed by atoms with van der Waals surface area (Å²) in [5.74, 6) is 0.364. The van der Waals surface area contributed by atoms with Crippen LogP contribution in [0.2, 0.25) is 0 Å². The monoisotopic (exact) mass is 387 g/mol. The zero-order valence-electron chi connectivity index (χ0n) is 16.5. The highest BCUT2D eigenvalue weighted by Gasteiger charge is 2.24. The van der Waals surface area contributed by atoms with E-state index < -0.39 is 4.92 Å². The van der Waals surface area contributed by atoms with Crippen molar-refractivity contribution in [2.45, 2.75) is 13.0 Å². The molecule has 2 rings (SSSR count). The molecule has 1 unspecified atom stereocenters. The number of rotatable bonds is 9. The maximum absolute atomic E-state index is 12.9. The van der Waals surface area contributed by atoms with Gasteiger partial charge in [0.05, 0.1) is 24.7 Å². The first-order valence-electron chi connectivity index (χ1n) is 8.82. The van der Waals surface area contributed by atoms with Crippen LogP contribution in [0.25, 0.3) is 0 Å². The molecule has 1 amide bonds. The van der Waals surface area contributed by atoms with Gasteiger partial charge < -0.3 is 19.7 Å². The van der Waals surface area contributed by atoms with Gasteiger partial charge in [0.1, 0.15) is 11.4 Å². The molecule has 0 heterocycles. The molecule has 28 heavy (non-hydrogen) atoms. The Labute approximate surface area is 164 Å². The van der Waals surface area contributed by atoms with Crippen molar-refractivity contribution in [3.8, 4) is 5.75 Å². The molecule has 0 saturated heterocycles. The van der Waals surface area contributed by atoms with E-state index >= 15 is 0 Å². The number of para-hydroxylation sites is 1. The first-order valence-corrected chi connectivity index (χ1v) is 8.82. The maximum atomic E-state index is 12.9. The van der Waals surface area contributed by atoms with Crippen LogP contribution in [0.15, 0.2) is 42.5 Å². The molecule has 0 saturated carbocycles. The molecule has 0 spiro atoms. The van der Waals surface area contributed by atoms with Gasteiger partial charge in [-0.05, 0) is 25.1 Å². The van der Waals surface area contributed by atoms with Crippen LogP contribution < -0.4 is 10.1 Å². The van der Waals surface area contributed by atoms with Gasteiger partial charge in [0.2, 0.25) is 0 Å². The number of nitro groups is 1. The second kappa shape index (κ2) is 9.70. The lowest BCUT2D eigenvalue weighted by molar-refractivity contribution is -0.384. The van der Waals surface area contributed by atoms with E-state index in [9.17, 15) is 14.9 Å². The summed E-state index contributed by atoms with van der Waals surface area (Å²) in [6.07, 6.45) is 0. The molecule has 0 bridgehead atoms. The predicted octanol–water partition coefficient (Wildman–Crippen LogP) is 3.49. The molecule has 8 heteroatoms. The van der Waals surface area contributed by atoms with Gasteiger partial charge in [0, 0.05) is 37.9 Å². The second-order valence-corrected chi connectivity index (χ2v) is 6.24. The summed E-state index contributed by atoms with van der Waals surface area (Å²) in [4.78, 5) is 25.4. The van der Waals surface area contributed by atoms with Gasteiger partial charge in [-0.1, -0.05) is 18.2 Å². The van der Waals surface area contributed by atoms with Crippen molar-refractivity contribution < 1.29 is 19.2 Å². The fourth-order valence-corrected chi connectivity index (χ4v) is 2.85. The van der Waals surface area contributed by atoms with Crippen LogP contribution >= 0.6 is 0 Å². The fourth-order valence-electron chi connectivity index (χ4n) is 2.85. The summed E-state index contributed by atoms with van der Waals surface area (Å²) >= 11 is 0. The minimum Gasteiger partial charge on any atom is -0.496 e. The lowest BCUT2D eigenvalue weighted by atomic mass is 10.0. The third kappa shape index (κ3) is 4.77. The van der Waals surface area contributed by atoms with Crippen LogP contribution in [-0.4, -0.2) is 50.1 Å². The van der Waals surface area contributed by atoms with Gasteiger partial charge in [-0.25, -0.2) is 0 Å². The van der Waals surface area contributed by atoms with E-state index in [4.69, 9.17) is 9.47 Å². The molecular weight excluding hydrogens is 362 g/mol. The summed E-state index contributed by atoms with van der Waals surface area (Å²) < 4.78 is 10.3. The number of nitrogens with one attached hydrogen (secondary N) is 1. The van der Waals surface area contributed by atoms with Crippen LogP contribution in [0.5, 0.6) is 5.75 Å². The van der Waals surface area contributed by atoms with Gasteiger partial charge in [0.15, 0.2) is 0 Å². The van der Waals surface area contributed by atoms with E-state index in [0.29, 0.717) is 24.6 Å². The lowest BCUT2D eigenvalue weighted by Gasteiger charge is -2.26.